The molecule has 1 heterocycles. The molecule has 0 fully saturated rings. The summed E-state index contributed by atoms with van der Waals surface area (Å²) in [7, 11) is 1.72. The topological polar surface area (TPSA) is 40.5 Å². The van der Waals surface area contributed by atoms with Crippen LogP contribution in [0, 0.1) is 0 Å². The third kappa shape index (κ3) is 3.04. The summed E-state index contributed by atoms with van der Waals surface area (Å²) in [5.74, 6) is 0.00255. The van der Waals surface area contributed by atoms with E-state index in [-0.39, 0.29) is 5.91 Å². The van der Waals surface area contributed by atoms with E-state index in [2.05, 4.69) is 0 Å². The highest BCUT2D eigenvalue weighted by molar-refractivity contribution is 7.12. The van der Waals surface area contributed by atoms with E-state index in [0.717, 1.165) is 16.9 Å². The van der Waals surface area contributed by atoms with Crippen molar-refractivity contribution in [2.75, 3.05) is 13.6 Å². The Labute approximate surface area is 94.3 Å². The molecule has 0 saturated carbocycles. The van der Waals surface area contributed by atoms with Crippen LogP contribution >= 0.6 is 11.3 Å². The van der Waals surface area contributed by atoms with Crippen LogP contribution in [0.1, 0.15) is 29.1 Å². The molecule has 1 aromatic heterocycles. The summed E-state index contributed by atoms with van der Waals surface area (Å²) in [6.07, 6.45) is 0.386. The number of aliphatic hydroxyl groups is 1. The van der Waals surface area contributed by atoms with Crippen molar-refractivity contribution < 1.29 is 9.90 Å². The molecule has 0 spiro atoms. The van der Waals surface area contributed by atoms with Gasteiger partial charge < -0.3 is 10.0 Å². The smallest absolute Gasteiger partial charge is 0.264 e. The predicted octanol–water partition coefficient (Wildman–Crippen LogP) is 1.76. The van der Waals surface area contributed by atoms with E-state index in [4.69, 9.17) is 0 Å². The number of nitrogens with zero attached hydrogens (tertiary/aromatic N) is 1. The van der Waals surface area contributed by atoms with Crippen molar-refractivity contribution in [2.45, 2.75) is 26.4 Å². The largest absolute Gasteiger partial charge is 0.392 e. The predicted molar refractivity (Wildman–Crippen MR) is 62.3 cm³/mol. The Morgan fingerprint density at radius 3 is 2.87 bits per heavy atom. The number of thiophene rings is 1. The number of rotatable bonds is 4. The fourth-order valence-electron chi connectivity index (χ4n) is 1.45. The molecule has 4 heteroatoms. The second kappa shape index (κ2) is 5.28. The van der Waals surface area contributed by atoms with E-state index in [1.54, 1.807) is 18.9 Å². The second-order valence-corrected chi connectivity index (χ2v) is 4.58. The average molecular weight is 227 g/mol. The van der Waals surface area contributed by atoms with E-state index in [1.807, 2.05) is 18.4 Å². The highest BCUT2D eigenvalue weighted by Crippen LogP contribution is 2.19. The van der Waals surface area contributed by atoms with Crippen LogP contribution in [0.4, 0.5) is 0 Å². The first-order valence-corrected chi connectivity index (χ1v) is 5.94. The number of carbonyl (C=O) groups excluding carboxylic acids is 1. The Hall–Kier alpha value is -0.870. The van der Waals surface area contributed by atoms with Gasteiger partial charge in [0.25, 0.3) is 5.91 Å². The van der Waals surface area contributed by atoms with E-state index in [1.165, 1.54) is 11.3 Å². The number of likely N-dealkylation sites (N-methyl/N-ethyl adjacent to an activating group) is 1. The number of aliphatic hydroxyl groups excluding tert-OH is 1. The van der Waals surface area contributed by atoms with Gasteiger partial charge in [-0.15, -0.1) is 11.3 Å². The summed E-state index contributed by atoms with van der Waals surface area (Å²) < 4.78 is 0. The Morgan fingerprint density at radius 1 is 1.67 bits per heavy atom. The number of aryl methyl sites for hydroxylation is 1. The molecular weight excluding hydrogens is 210 g/mol. The molecule has 0 aromatic carbocycles. The lowest BCUT2D eigenvalue weighted by Crippen LogP contribution is -2.33. The molecular formula is C11H17NO2S. The number of hydrogen-bond donors (Lipinski definition) is 1. The summed E-state index contributed by atoms with van der Waals surface area (Å²) >= 11 is 1.46. The molecule has 84 valence electrons. The summed E-state index contributed by atoms with van der Waals surface area (Å²) in [5, 5.41) is 11.1. The Kier molecular flexibility index (Phi) is 4.29. The summed E-state index contributed by atoms with van der Waals surface area (Å²) in [6, 6.07) is 1.98. The first-order chi connectivity index (χ1) is 7.06. The zero-order valence-electron chi connectivity index (χ0n) is 9.36. The lowest BCUT2D eigenvalue weighted by Gasteiger charge is -2.18. The lowest BCUT2D eigenvalue weighted by molar-refractivity contribution is 0.0707. The molecule has 3 nitrogen and oxygen atoms in total. The molecule has 0 saturated heterocycles. The Balaban J connectivity index is 2.76. The third-order valence-corrected chi connectivity index (χ3v) is 3.15. The van der Waals surface area contributed by atoms with E-state index in [0.29, 0.717) is 6.54 Å². The molecule has 1 atom stereocenters. The van der Waals surface area contributed by atoms with Crippen molar-refractivity contribution in [2.24, 2.45) is 0 Å². The maximum absolute atomic E-state index is 11.9. The van der Waals surface area contributed by atoms with E-state index >= 15 is 0 Å². The van der Waals surface area contributed by atoms with Gasteiger partial charge in [0.1, 0.15) is 0 Å². The van der Waals surface area contributed by atoms with Crippen molar-refractivity contribution in [1.29, 1.82) is 0 Å². The van der Waals surface area contributed by atoms with Gasteiger partial charge in [-0.3, -0.25) is 4.79 Å². The summed E-state index contributed by atoms with van der Waals surface area (Å²) in [6.45, 7) is 4.09. The number of hydrogen-bond acceptors (Lipinski definition) is 3. The molecule has 15 heavy (non-hydrogen) atoms. The van der Waals surface area contributed by atoms with Crippen LogP contribution in [-0.4, -0.2) is 35.6 Å². The highest BCUT2D eigenvalue weighted by Gasteiger charge is 2.17. The SMILES string of the molecule is CCc1ccsc1C(=O)N(C)CC(C)O. The van der Waals surface area contributed by atoms with Gasteiger partial charge in [0, 0.05) is 13.6 Å². The van der Waals surface area contributed by atoms with Crippen LogP contribution in [0.3, 0.4) is 0 Å². The molecule has 1 rings (SSSR count). The quantitative estimate of drug-likeness (QED) is 0.851. The van der Waals surface area contributed by atoms with Crippen LogP contribution in [0.25, 0.3) is 0 Å². The maximum atomic E-state index is 11.9. The molecule has 0 aliphatic heterocycles. The first-order valence-electron chi connectivity index (χ1n) is 5.06. The van der Waals surface area contributed by atoms with Crippen LogP contribution in [0.2, 0.25) is 0 Å². The van der Waals surface area contributed by atoms with Crippen molar-refractivity contribution in [3.63, 3.8) is 0 Å². The zero-order valence-corrected chi connectivity index (χ0v) is 10.2. The molecule has 0 aliphatic carbocycles. The third-order valence-electron chi connectivity index (χ3n) is 2.21. The molecule has 1 amide bonds. The van der Waals surface area contributed by atoms with E-state index < -0.39 is 6.10 Å². The van der Waals surface area contributed by atoms with E-state index in [9.17, 15) is 9.90 Å². The van der Waals surface area contributed by atoms with Gasteiger partial charge in [-0.1, -0.05) is 6.92 Å². The van der Waals surface area contributed by atoms with Crippen LogP contribution in [0.15, 0.2) is 11.4 Å². The fourth-order valence-corrected chi connectivity index (χ4v) is 2.44. The normalized spacial score (nSPS) is 12.5. The monoisotopic (exact) mass is 227 g/mol. The lowest BCUT2D eigenvalue weighted by atomic mass is 10.2. The van der Waals surface area contributed by atoms with Gasteiger partial charge in [0.2, 0.25) is 0 Å². The second-order valence-electron chi connectivity index (χ2n) is 3.66. The summed E-state index contributed by atoms with van der Waals surface area (Å²) in [5.41, 5.74) is 1.09. The van der Waals surface area contributed by atoms with Gasteiger partial charge in [-0.25, -0.2) is 0 Å². The summed E-state index contributed by atoms with van der Waals surface area (Å²) in [4.78, 5) is 14.3. The van der Waals surface area contributed by atoms with Crippen LogP contribution in [0.5, 0.6) is 0 Å². The molecule has 0 aliphatic rings. The van der Waals surface area contributed by atoms with Gasteiger partial charge >= 0.3 is 0 Å². The minimum atomic E-state index is -0.482. The van der Waals surface area contributed by atoms with Crippen molar-refractivity contribution >= 4 is 17.2 Å². The molecule has 1 N–H and O–H groups in total. The van der Waals surface area contributed by atoms with Gasteiger partial charge in [-0.05, 0) is 30.4 Å². The zero-order chi connectivity index (χ0) is 11.4. The molecule has 1 unspecified atom stereocenters. The fraction of sp³-hybridized carbons (Fsp3) is 0.545. The first kappa shape index (κ1) is 12.2. The van der Waals surface area contributed by atoms with Crippen molar-refractivity contribution in [1.82, 2.24) is 4.90 Å². The van der Waals surface area contributed by atoms with Crippen LogP contribution < -0.4 is 0 Å². The highest BCUT2D eigenvalue weighted by atomic mass is 32.1. The minimum absolute atomic E-state index is 0.00255. The standard InChI is InChI=1S/C11H17NO2S/c1-4-9-5-6-15-10(9)11(14)12(3)7-8(2)13/h5-6,8,13H,4,7H2,1-3H3. The maximum Gasteiger partial charge on any atom is 0.264 e. The van der Waals surface area contributed by atoms with Crippen molar-refractivity contribution in [3.05, 3.63) is 21.9 Å². The molecule has 0 bridgehead atoms. The van der Waals surface area contributed by atoms with Gasteiger partial charge in [0.15, 0.2) is 0 Å². The van der Waals surface area contributed by atoms with Crippen molar-refractivity contribution in [3.8, 4) is 0 Å². The number of carbonyl (C=O) groups is 1. The number of amides is 1. The average Bonchev–Trinajstić information content (AvgIpc) is 2.62. The van der Waals surface area contributed by atoms with Gasteiger partial charge in [-0.2, -0.15) is 0 Å². The van der Waals surface area contributed by atoms with Crippen LogP contribution in [-0.2, 0) is 6.42 Å². The molecule has 1 aromatic rings. The van der Waals surface area contributed by atoms with Gasteiger partial charge in [0.05, 0.1) is 11.0 Å². The Bertz CT molecular complexity index is 333. The Morgan fingerprint density at radius 2 is 2.33 bits per heavy atom. The minimum Gasteiger partial charge on any atom is -0.392 e. The molecule has 0 radical (unpaired) electrons.